The van der Waals surface area contributed by atoms with Gasteiger partial charge < -0.3 is 29.3 Å². The zero-order valence-corrected chi connectivity index (χ0v) is 14.9. The molecule has 0 spiro atoms. The third-order valence-electron chi connectivity index (χ3n) is 3.77. The number of carbonyl (C=O) groups excluding carboxylic acids is 2. The van der Waals surface area contributed by atoms with Gasteiger partial charge >= 0.3 is 0 Å². The summed E-state index contributed by atoms with van der Waals surface area (Å²) in [6.45, 7) is 2.35. The van der Waals surface area contributed by atoms with Crippen molar-refractivity contribution in [1.29, 1.82) is 0 Å². The summed E-state index contributed by atoms with van der Waals surface area (Å²) >= 11 is 0. The number of hydrogen-bond donors (Lipinski definition) is 1. The number of ether oxygens (including phenoxy) is 3. The van der Waals surface area contributed by atoms with Crippen LogP contribution in [-0.4, -0.2) is 82.4 Å². The molecule has 1 aliphatic rings. The second-order valence-electron chi connectivity index (χ2n) is 5.93. The van der Waals surface area contributed by atoms with Crippen LogP contribution in [0.5, 0.6) is 11.5 Å². The predicted octanol–water partition coefficient (Wildman–Crippen LogP) is 0.182. The standard InChI is InChI=1S/C17H25N3O5/c1-19(2)6-7-20(8-9-23-3)16(21)11-18-17(22)13-4-5-14-15(10-13)25-12-24-14/h4-5,10H,6-9,11-12H2,1-3H3,(H,18,22). The number of likely N-dealkylation sites (N-methyl/N-ethyl adjacent to an activating group) is 1. The van der Waals surface area contributed by atoms with Crippen molar-refractivity contribution in [2.45, 2.75) is 0 Å². The van der Waals surface area contributed by atoms with Crippen molar-refractivity contribution in [2.24, 2.45) is 0 Å². The Kier molecular flexibility index (Phi) is 7.03. The fourth-order valence-electron chi connectivity index (χ4n) is 2.29. The Morgan fingerprint density at radius 1 is 1.16 bits per heavy atom. The highest BCUT2D eigenvalue weighted by Gasteiger charge is 2.18. The van der Waals surface area contributed by atoms with Crippen LogP contribution in [0, 0.1) is 0 Å². The molecule has 25 heavy (non-hydrogen) atoms. The second kappa shape index (κ2) is 9.24. The van der Waals surface area contributed by atoms with Crippen LogP contribution in [0.3, 0.4) is 0 Å². The summed E-state index contributed by atoms with van der Waals surface area (Å²) in [6, 6.07) is 4.93. The number of nitrogens with zero attached hydrogens (tertiary/aromatic N) is 2. The zero-order chi connectivity index (χ0) is 18.2. The Bertz CT molecular complexity index is 606. The molecule has 0 aliphatic carbocycles. The first kappa shape index (κ1) is 19.0. The van der Waals surface area contributed by atoms with Gasteiger partial charge in [0.05, 0.1) is 13.2 Å². The van der Waals surface area contributed by atoms with Crippen LogP contribution in [0.25, 0.3) is 0 Å². The van der Waals surface area contributed by atoms with Gasteiger partial charge in [-0.3, -0.25) is 9.59 Å². The van der Waals surface area contributed by atoms with Gasteiger partial charge in [-0.05, 0) is 32.3 Å². The Balaban J connectivity index is 1.88. The number of fused-ring (bicyclic) bond motifs is 1. The fourth-order valence-corrected chi connectivity index (χ4v) is 2.29. The van der Waals surface area contributed by atoms with Crippen molar-refractivity contribution in [2.75, 3.05) is 60.8 Å². The van der Waals surface area contributed by atoms with Crippen molar-refractivity contribution in [3.8, 4) is 11.5 Å². The van der Waals surface area contributed by atoms with E-state index in [2.05, 4.69) is 5.32 Å². The van der Waals surface area contributed by atoms with Crippen LogP contribution >= 0.6 is 0 Å². The van der Waals surface area contributed by atoms with Crippen LogP contribution in [0.2, 0.25) is 0 Å². The van der Waals surface area contributed by atoms with Crippen molar-refractivity contribution < 1.29 is 23.8 Å². The molecule has 8 nitrogen and oxygen atoms in total. The molecule has 0 saturated carbocycles. The molecule has 1 aliphatic heterocycles. The molecule has 1 heterocycles. The zero-order valence-electron chi connectivity index (χ0n) is 14.9. The topological polar surface area (TPSA) is 80.3 Å². The van der Waals surface area contributed by atoms with Gasteiger partial charge in [0.1, 0.15) is 0 Å². The van der Waals surface area contributed by atoms with E-state index in [9.17, 15) is 9.59 Å². The van der Waals surface area contributed by atoms with Gasteiger partial charge in [-0.1, -0.05) is 0 Å². The maximum absolute atomic E-state index is 12.4. The number of rotatable bonds is 9. The average molecular weight is 351 g/mol. The third-order valence-corrected chi connectivity index (χ3v) is 3.77. The van der Waals surface area contributed by atoms with Gasteiger partial charge in [-0.25, -0.2) is 0 Å². The number of carbonyl (C=O) groups is 2. The minimum atomic E-state index is -0.328. The van der Waals surface area contributed by atoms with E-state index in [-0.39, 0.29) is 25.2 Å². The van der Waals surface area contributed by atoms with Crippen molar-refractivity contribution in [3.63, 3.8) is 0 Å². The molecule has 1 N–H and O–H groups in total. The van der Waals surface area contributed by atoms with E-state index in [0.717, 1.165) is 6.54 Å². The summed E-state index contributed by atoms with van der Waals surface area (Å²) in [5.41, 5.74) is 0.425. The van der Waals surface area contributed by atoms with Crippen LogP contribution < -0.4 is 14.8 Å². The molecule has 0 radical (unpaired) electrons. The molecule has 0 aromatic heterocycles. The lowest BCUT2D eigenvalue weighted by atomic mass is 10.2. The van der Waals surface area contributed by atoms with Crippen LogP contribution in [0.1, 0.15) is 10.4 Å². The number of hydrogen-bond acceptors (Lipinski definition) is 6. The van der Waals surface area contributed by atoms with Crippen LogP contribution in [0.15, 0.2) is 18.2 Å². The lowest BCUT2D eigenvalue weighted by Crippen LogP contribution is -2.44. The third kappa shape index (κ3) is 5.61. The van der Waals surface area contributed by atoms with E-state index in [1.807, 2.05) is 19.0 Å². The fraction of sp³-hybridized carbons (Fsp3) is 0.529. The molecular formula is C17H25N3O5. The van der Waals surface area contributed by atoms with E-state index in [1.165, 1.54) is 0 Å². The van der Waals surface area contributed by atoms with E-state index in [0.29, 0.717) is 36.8 Å². The van der Waals surface area contributed by atoms with Crippen LogP contribution in [0.4, 0.5) is 0 Å². The Labute approximate surface area is 147 Å². The first-order valence-corrected chi connectivity index (χ1v) is 8.10. The maximum Gasteiger partial charge on any atom is 0.251 e. The van der Waals surface area contributed by atoms with E-state index < -0.39 is 0 Å². The Morgan fingerprint density at radius 2 is 1.92 bits per heavy atom. The number of methoxy groups -OCH3 is 1. The number of amides is 2. The summed E-state index contributed by atoms with van der Waals surface area (Å²) < 4.78 is 15.5. The first-order chi connectivity index (χ1) is 12.0. The Hall–Kier alpha value is -2.32. The summed E-state index contributed by atoms with van der Waals surface area (Å²) in [5.74, 6) is 0.674. The normalized spacial score (nSPS) is 12.3. The number of nitrogens with one attached hydrogen (secondary N) is 1. The Morgan fingerprint density at radius 3 is 2.64 bits per heavy atom. The minimum absolute atomic E-state index is 0.0651. The molecule has 1 aromatic carbocycles. The summed E-state index contributed by atoms with van der Waals surface area (Å²) in [5, 5.41) is 2.65. The summed E-state index contributed by atoms with van der Waals surface area (Å²) in [4.78, 5) is 28.3. The molecule has 2 rings (SSSR count). The molecule has 8 heteroatoms. The average Bonchev–Trinajstić information content (AvgIpc) is 3.06. The minimum Gasteiger partial charge on any atom is -0.454 e. The van der Waals surface area contributed by atoms with Crippen molar-refractivity contribution in [1.82, 2.24) is 15.1 Å². The SMILES string of the molecule is COCCN(CCN(C)C)C(=O)CNC(=O)c1ccc2c(c1)OCO2. The molecule has 0 atom stereocenters. The monoisotopic (exact) mass is 351 g/mol. The maximum atomic E-state index is 12.4. The van der Waals surface area contributed by atoms with Crippen molar-refractivity contribution >= 4 is 11.8 Å². The molecule has 1 aromatic rings. The van der Waals surface area contributed by atoms with E-state index in [1.54, 1.807) is 30.2 Å². The number of benzene rings is 1. The molecule has 0 saturated heterocycles. The summed E-state index contributed by atoms with van der Waals surface area (Å²) in [7, 11) is 5.48. The lowest BCUT2D eigenvalue weighted by Gasteiger charge is -2.24. The molecule has 0 fully saturated rings. The van der Waals surface area contributed by atoms with E-state index in [4.69, 9.17) is 14.2 Å². The molecule has 0 unspecified atom stereocenters. The molecule has 138 valence electrons. The highest BCUT2D eigenvalue weighted by atomic mass is 16.7. The van der Waals surface area contributed by atoms with Crippen molar-refractivity contribution in [3.05, 3.63) is 23.8 Å². The smallest absolute Gasteiger partial charge is 0.251 e. The molecular weight excluding hydrogens is 326 g/mol. The lowest BCUT2D eigenvalue weighted by molar-refractivity contribution is -0.130. The predicted molar refractivity (Wildman–Crippen MR) is 91.9 cm³/mol. The van der Waals surface area contributed by atoms with Gasteiger partial charge in [0, 0.05) is 32.3 Å². The largest absolute Gasteiger partial charge is 0.454 e. The van der Waals surface area contributed by atoms with E-state index >= 15 is 0 Å². The first-order valence-electron chi connectivity index (χ1n) is 8.10. The van der Waals surface area contributed by atoms with Crippen LogP contribution in [-0.2, 0) is 9.53 Å². The molecule has 2 amide bonds. The van der Waals surface area contributed by atoms with Gasteiger partial charge in [0.2, 0.25) is 12.7 Å². The van der Waals surface area contributed by atoms with Gasteiger partial charge in [-0.15, -0.1) is 0 Å². The quantitative estimate of drug-likeness (QED) is 0.684. The molecule has 0 bridgehead atoms. The van der Waals surface area contributed by atoms with Gasteiger partial charge in [0.25, 0.3) is 5.91 Å². The van der Waals surface area contributed by atoms with Gasteiger partial charge in [-0.2, -0.15) is 0 Å². The summed E-state index contributed by atoms with van der Waals surface area (Å²) in [6.07, 6.45) is 0. The second-order valence-corrected chi connectivity index (χ2v) is 5.93. The highest BCUT2D eigenvalue weighted by Crippen LogP contribution is 2.32. The highest BCUT2D eigenvalue weighted by molar-refractivity contribution is 5.97. The van der Waals surface area contributed by atoms with Gasteiger partial charge in [0.15, 0.2) is 11.5 Å².